The van der Waals surface area contributed by atoms with E-state index in [2.05, 4.69) is 5.32 Å². The van der Waals surface area contributed by atoms with Crippen molar-refractivity contribution in [3.05, 3.63) is 0 Å². The molecule has 1 fully saturated rings. The Morgan fingerprint density at radius 3 is 3.00 bits per heavy atom. The second-order valence-corrected chi connectivity index (χ2v) is 4.20. The third-order valence-corrected chi connectivity index (χ3v) is 3.57. The van der Waals surface area contributed by atoms with Crippen LogP contribution in [0.4, 0.5) is 0 Å². The summed E-state index contributed by atoms with van der Waals surface area (Å²) in [6.07, 6.45) is 2.59. The van der Waals surface area contributed by atoms with Crippen molar-refractivity contribution >= 4 is 11.8 Å². The Kier molecular flexibility index (Phi) is 4.26. The average molecular weight is 175 g/mol. The minimum absolute atomic E-state index is 0.279. The van der Waals surface area contributed by atoms with Gasteiger partial charge in [-0.2, -0.15) is 11.8 Å². The molecule has 0 aliphatic carbocycles. The molecule has 2 unspecified atom stereocenters. The second kappa shape index (κ2) is 5.01. The van der Waals surface area contributed by atoms with Crippen molar-refractivity contribution in [2.45, 2.75) is 18.9 Å². The second-order valence-electron chi connectivity index (χ2n) is 3.05. The molecule has 2 atom stereocenters. The summed E-state index contributed by atoms with van der Waals surface area (Å²) in [5.74, 6) is 3.20. The zero-order valence-corrected chi connectivity index (χ0v) is 7.86. The lowest BCUT2D eigenvalue weighted by atomic mass is 9.97. The number of nitrogens with one attached hydrogen (secondary N) is 1. The van der Waals surface area contributed by atoms with Gasteiger partial charge in [0.15, 0.2) is 0 Å². The van der Waals surface area contributed by atoms with Crippen molar-refractivity contribution in [1.82, 2.24) is 5.32 Å². The Morgan fingerprint density at radius 1 is 1.73 bits per heavy atom. The molecule has 1 saturated heterocycles. The molecule has 0 amide bonds. The molecule has 3 heteroatoms. The van der Waals surface area contributed by atoms with E-state index in [0.717, 1.165) is 0 Å². The maximum Gasteiger partial charge on any atom is 0.0587 e. The highest BCUT2D eigenvalue weighted by Gasteiger charge is 2.21. The molecule has 1 aliphatic heterocycles. The Balaban J connectivity index is 2.30. The topological polar surface area (TPSA) is 32.3 Å². The maximum absolute atomic E-state index is 9.01. The summed E-state index contributed by atoms with van der Waals surface area (Å²) < 4.78 is 0. The van der Waals surface area contributed by atoms with Crippen LogP contribution >= 0.6 is 11.8 Å². The van der Waals surface area contributed by atoms with Crippen LogP contribution < -0.4 is 5.32 Å². The zero-order chi connectivity index (χ0) is 8.10. The summed E-state index contributed by atoms with van der Waals surface area (Å²) in [4.78, 5) is 0. The largest absolute Gasteiger partial charge is 0.395 e. The van der Waals surface area contributed by atoms with Crippen LogP contribution in [0.5, 0.6) is 0 Å². The first-order chi connectivity index (χ1) is 5.38. The van der Waals surface area contributed by atoms with Gasteiger partial charge in [-0.25, -0.2) is 0 Å². The van der Waals surface area contributed by atoms with Crippen molar-refractivity contribution in [2.75, 3.05) is 25.2 Å². The molecule has 0 aromatic carbocycles. The fourth-order valence-electron chi connectivity index (χ4n) is 1.56. The number of likely N-dealkylation sites (N-methyl/N-ethyl adjacent to an activating group) is 1. The van der Waals surface area contributed by atoms with E-state index < -0.39 is 0 Å². The van der Waals surface area contributed by atoms with Gasteiger partial charge in [0.2, 0.25) is 0 Å². The molecule has 0 bridgehead atoms. The summed E-state index contributed by atoms with van der Waals surface area (Å²) in [6.45, 7) is 0.279. The van der Waals surface area contributed by atoms with Gasteiger partial charge < -0.3 is 10.4 Å². The van der Waals surface area contributed by atoms with Crippen molar-refractivity contribution in [2.24, 2.45) is 5.92 Å². The molecule has 66 valence electrons. The molecule has 0 saturated carbocycles. The lowest BCUT2D eigenvalue weighted by Crippen LogP contribution is -2.39. The quantitative estimate of drug-likeness (QED) is 0.662. The highest BCUT2D eigenvalue weighted by molar-refractivity contribution is 7.99. The molecule has 1 aliphatic rings. The standard InChI is InChI=1S/C8H17NOS/c1-9-8(5-10)7-3-2-4-11-6-7/h7-10H,2-6H2,1H3. The van der Waals surface area contributed by atoms with Crippen LogP contribution in [0.1, 0.15) is 12.8 Å². The fraction of sp³-hybridized carbons (Fsp3) is 1.00. The maximum atomic E-state index is 9.01. The Morgan fingerprint density at radius 2 is 2.55 bits per heavy atom. The van der Waals surface area contributed by atoms with Crippen molar-refractivity contribution in [3.63, 3.8) is 0 Å². The van der Waals surface area contributed by atoms with Gasteiger partial charge in [-0.3, -0.25) is 0 Å². The van der Waals surface area contributed by atoms with E-state index in [1.54, 1.807) is 0 Å². The van der Waals surface area contributed by atoms with Gasteiger partial charge in [0.05, 0.1) is 6.61 Å². The summed E-state index contributed by atoms with van der Waals surface area (Å²) in [5, 5.41) is 12.2. The van der Waals surface area contributed by atoms with Crippen molar-refractivity contribution in [1.29, 1.82) is 0 Å². The minimum atomic E-state index is 0.279. The lowest BCUT2D eigenvalue weighted by Gasteiger charge is -2.28. The van der Waals surface area contributed by atoms with Crippen LogP contribution in [0.25, 0.3) is 0 Å². The van der Waals surface area contributed by atoms with E-state index in [9.17, 15) is 0 Å². The molecule has 11 heavy (non-hydrogen) atoms. The highest BCUT2D eigenvalue weighted by Crippen LogP contribution is 2.24. The van der Waals surface area contributed by atoms with Gasteiger partial charge in [0, 0.05) is 6.04 Å². The zero-order valence-electron chi connectivity index (χ0n) is 7.05. The number of aliphatic hydroxyl groups is 1. The Bertz CT molecular complexity index is 100. The first kappa shape index (κ1) is 9.36. The average Bonchev–Trinajstić information content (AvgIpc) is 2.09. The summed E-state index contributed by atoms with van der Waals surface area (Å²) in [7, 11) is 1.93. The Labute approximate surface area is 72.8 Å². The van der Waals surface area contributed by atoms with E-state index >= 15 is 0 Å². The third-order valence-electron chi connectivity index (χ3n) is 2.33. The van der Waals surface area contributed by atoms with Gasteiger partial charge in [0.25, 0.3) is 0 Å². The monoisotopic (exact) mass is 175 g/mol. The minimum Gasteiger partial charge on any atom is -0.395 e. The first-order valence-corrected chi connectivity index (χ1v) is 5.40. The summed E-state index contributed by atoms with van der Waals surface area (Å²) in [6, 6.07) is 0.322. The molecule has 2 N–H and O–H groups in total. The van der Waals surface area contributed by atoms with Gasteiger partial charge in [-0.1, -0.05) is 0 Å². The van der Waals surface area contributed by atoms with Gasteiger partial charge in [0.1, 0.15) is 0 Å². The van der Waals surface area contributed by atoms with E-state index in [-0.39, 0.29) is 6.61 Å². The molecular formula is C8H17NOS. The molecule has 0 radical (unpaired) electrons. The number of thioether (sulfide) groups is 1. The SMILES string of the molecule is CNC(CO)C1CCCSC1. The van der Waals surface area contributed by atoms with Crippen LogP contribution in [0.15, 0.2) is 0 Å². The number of hydrogen-bond donors (Lipinski definition) is 2. The molecule has 0 aromatic heterocycles. The molecule has 0 spiro atoms. The number of rotatable bonds is 3. The van der Waals surface area contributed by atoms with E-state index in [1.165, 1.54) is 24.3 Å². The fourth-order valence-corrected chi connectivity index (χ4v) is 2.80. The smallest absolute Gasteiger partial charge is 0.0587 e. The van der Waals surface area contributed by atoms with Crippen LogP contribution in [0, 0.1) is 5.92 Å². The van der Waals surface area contributed by atoms with Crippen LogP contribution in [-0.4, -0.2) is 36.3 Å². The van der Waals surface area contributed by atoms with Gasteiger partial charge >= 0.3 is 0 Å². The summed E-state index contributed by atoms with van der Waals surface area (Å²) >= 11 is 2.01. The predicted molar refractivity (Wildman–Crippen MR) is 50.0 cm³/mol. The number of hydrogen-bond acceptors (Lipinski definition) is 3. The molecular weight excluding hydrogens is 158 g/mol. The van der Waals surface area contributed by atoms with Crippen LogP contribution in [0.3, 0.4) is 0 Å². The summed E-state index contributed by atoms with van der Waals surface area (Å²) in [5.41, 5.74) is 0. The predicted octanol–water partition coefficient (Wildman–Crippen LogP) is 0.710. The highest BCUT2D eigenvalue weighted by atomic mass is 32.2. The Hall–Kier alpha value is 0.270. The molecule has 0 aromatic rings. The number of aliphatic hydroxyl groups excluding tert-OH is 1. The first-order valence-electron chi connectivity index (χ1n) is 4.24. The van der Waals surface area contributed by atoms with Gasteiger partial charge in [-0.15, -0.1) is 0 Å². The van der Waals surface area contributed by atoms with E-state index in [4.69, 9.17) is 5.11 Å². The molecule has 1 heterocycles. The van der Waals surface area contributed by atoms with E-state index in [1.807, 2.05) is 18.8 Å². The van der Waals surface area contributed by atoms with Crippen LogP contribution in [-0.2, 0) is 0 Å². The van der Waals surface area contributed by atoms with Crippen molar-refractivity contribution in [3.8, 4) is 0 Å². The normalized spacial score (nSPS) is 28.4. The molecule has 1 rings (SSSR count). The molecule has 2 nitrogen and oxygen atoms in total. The van der Waals surface area contributed by atoms with Crippen molar-refractivity contribution < 1.29 is 5.11 Å². The third kappa shape index (κ3) is 2.65. The lowest BCUT2D eigenvalue weighted by molar-refractivity contribution is 0.207. The van der Waals surface area contributed by atoms with Gasteiger partial charge in [-0.05, 0) is 37.3 Å². The van der Waals surface area contributed by atoms with Crippen LogP contribution in [0.2, 0.25) is 0 Å². The van der Waals surface area contributed by atoms with E-state index in [0.29, 0.717) is 12.0 Å².